The Labute approximate surface area is 118 Å². The number of benzene rings is 1. The van der Waals surface area contributed by atoms with Crippen molar-refractivity contribution in [3.8, 4) is 17.4 Å². The lowest BCUT2D eigenvalue weighted by molar-refractivity contribution is -0.385. The molecule has 2 rings (SSSR count). The van der Waals surface area contributed by atoms with E-state index in [9.17, 15) is 14.9 Å². The van der Waals surface area contributed by atoms with Crippen molar-refractivity contribution in [2.75, 3.05) is 7.11 Å². The summed E-state index contributed by atoms with van der Waals surface area (Å²) in [7, 11) is 1.36. The van der Waals surface area contributed by atoms with Crippen LogP contribution in [-0.4, -0.2) is 28.1 Å². The second kappa shape index (κ2) is 5.87. The zero-order chi connectivity index (χ0) is 15.4. The summed E-state index contributed by atoms with van der Waals surface area (Å²) in [5.74, 6) is -0.711. The second-order valence-electron chi connectivity index (χ2n) is 3.88. The minimum Gasteiger partial charge on any atom is -0.493 e. The summed E-state index contributed by atoms with van der Waals surface area (Å²) in [6.07, 6.45) is 1.24. The van der Waals surface area contributed by atoms with Crippen LogP contribution in [-0.2, 0) is 0 Å². The molecular formula is C13H10N2O6. The molecule has 1 aromatic carbocycles. The summed E-state index contributed by atoms with van der Waals surface area (Å²) in [5.41, 5.74) is -0.132. The van der Waals surface area contributed by atoms with Crippen LogP contribution in [0, 0.1) is 10.1 Å². The summed E-state index contributed by atoms with van der Waals surface area (Å²) < 4.78 is 10.4. The Morgan fingerprint density at radius 1 is 1.29 bits per heavy atom. The number of nitro groups is 1. The SMILES string of the molecule is COc1cc(C(=O)O)ccc1Oc1cc([N+](=O)[O-])ccn1. The quantitative estimate of drug-likeness (QED) is 0.664. The van der Waals surface area contributed by atoms with Gasteiger partial charge in [0.1, 0.15) is 0 Å². The number of pyridine rings is 1. The van der Waals surface area contributed by atoms with Crippen LogP contribution >= 0.6 is 0 Å². The lowest BCUT2D eigenvalue weighted by Crippen LogP contribution is -1.99. The number of rotatable bonds is 5. The Hall–Kier alpha value is -3.16. The van der Waals surface area contributed by atoms with E-state index in [0.717, 1.165) is 6.07 Å². The van der Waals surface area contributed by atoms with Crippen molar-refractivity contribution in [3.63, 3.8) is 0 Å². The summed E-state index contributed by atoms with van der Waals surface area (Å²) in [4.78, 5) is 24.8. The number of aromatic nitrogens is 1. The zero-order valence-electron chi connectivity index (χ0n) is 10.8. The normalized spacial score (nSPS) is 9.95. The highest BCUT2D eigenvalue weighted by molar-refractivity contribution is 5.88. The summed E-state index contributed by atoms with van der Waals surface area (Å²) in [6.45, 7) is 0. The van der Waals surface area contributed by atoms with Crippen molar-refractivity contribution in [1.82, 2.24) is 4.98 Å². The van der Waals surface area contributed by atoms with Gasteiger partial charge in [0.2, 0.25) is 5.88 Å². The summed E-state index contributed by atoms with van der Waals surface area (Å²) in [6, 6.07) is 6.40. The van der Waals surface area contributed by atoms with E-state index >= 15 is 0 Å². The van der Waals surface area contributed by atoms with Crippen LogP contribution in [0.5, 0.6) is 17.4 Å². The fourth-order valence-electron chi connectivity index (χ4n) is 1.57. The fraction of sp³-hybridized carbons (Fsp3) is 0.0769. The van der Waals surface area contributed by atoms with Gasteiger partial charge in [0.25, 0.3) is 5.69 Å². The van der Waals surface area contributed by atoms with E-state index in [4.69, 9.17) is 14.6 Å². The van der Waals surface area contributed by atoms with Crippen molar-refractivity contribution in [2.45, 2.75) is 0 Å². The minimum absolute atomic E-state index is 0.00516. The molecule has 1 aromatic heterocycles. The molecule has 2 aromatic rings. The largest absolute Gasteiger partial charge is 0.493 e. The van der Waals surface area contributed by atoms with Crippen molar-refractivity contribution >= 4 is 11.7 Å². The van der Waals surface area contributed by atoms with Gasteiger partial charge in [-0.3, -0.25) is 10.1 Å². The van der Waals surface area contributed by atoms with Gasteiger partial charge in [0, 0.05) is 12.3 Å². The first-order chi connectivity index (χ1) is 10.0. The van der Waals surface area contributed by atoms with E-state index in [1.165, 1.54) is 37.6 Å². The van der Waals surface area contributed by atoms with Gasteiger partial charge >= 0.3 is 5.97 Å². The Kier molecular flexibility index (Phi) is 3.98. The van der Waals surface area contributed by atoms with E-state index < -0.39 is 10.9 Å². The third-order valence-corrected chi connectivity index (χ3v) is 2.55. The smallest absolute Gasteiger partial charge is 0.335 e. The van der Waals surface area contributed by atoms with Gasteiger partial charge < -0.3 is 14.6 Å². The maximum atomic E-state index is 10.9. The average Bonchev–Trinajstić information content (AvgIpc) is 2.47. The number of ether oxygens (including phenoxy) is 2. The molecule has 1 heterocycles. The number of methoxy groups -OCH3 is 1. The molecule has 8 heteroatoms. The number of carbonyl (C=O) groups is 1. The first-order valence-corrected chi connectivity index (χ1v) is 5.71. The van der Waals surface area contributed by atoms with Crippen molar-refractivity contribution < 1.29 is 24.3 Å². The highest BCUT2D eigenvalue weighted by Gasteiger charge is 2.13. The molecule has 1 N–H and O–H groups in total. The Balaban J connectivity index is 2.33. The highest BCUT2D eigenvalue weighted by atomic mass is 16.6. The van der Waals surface area contributed by atoms with Gasteiger partial charge in [-0.05, 0) is 18.2 Å². The second-order valence-corrected chi connectivity index (χ2v) is 3.88. The predicted molar refractivity (Wildman–Crippen MR) is 70.9 cm³/mol. The van der Waals surface area contributed by atoms with Gasteiger partial charge in [-0.15, -0.1) is 0 Å². The Bertz CT molecular complexity index is 701. The maximum absolute atomic E-state index is 10.9. The lowest BCUT2D eigenvalue weighted by Gasteiger charge is -2.10. The van der Waals surface area contributed by atoms with Crippen LogP contribution in [0.25, 0.3) is 0 Å². The first kappa shape index (κ1) is 14.3. The number of hydrogen-bond acceptors (Lipinski definition) is 6. The lowest BCUT2D eigenvalue weighted by atomic mass is 10.2. The first-order valence-electron chi connectivity index (χ1n) is 5.71. The molecule has 0 radical (unpaired) electrons. The van der Waals surface area contributed by atoms with Crippen LogP contribution < -0.4 is 9.47 Å². The van der Waals surface area contributed by atoms with Crippen LogP contribution in [0.15, 0.2) is 36.5 Å². The topological polar surface area (TPSA) is 112 Å². The molecule has 8 nitrogen and oxygen atoms in total. The fourth-order valence-corrected chi connectivity index (χ4v) is 1.57. The molecule has 0 saturated heterocycles. The number of nitrogens with zero attached hydrogens (tertiary/aromatic N) is 2. The van der Waals surface area contributed by atoms with Crippen LogP contribution in [0.1, 0.15) is 10.4 Å². The Morgan fingerprint density at radius 3 is 2.67 bits per heavy atom. The molecule has 0 bridgehead atoms. The Morgan fingerprint density at radius 2 is 2.05 bits per heavy atom. The van der Waals surface area contributed by atoms with Crippen molar-refractivity contribution in [1.29, 1.82) is 0 Å². The molecule has 0 aliphatic heterocycles. The number of carboxylic acids is 1. The molecule has 108 valence electrons. The van der Waals surface area contributed by atoms with Gasteiger partial charge in [0.15, 0.2) is 11.5 Å². The van der Waals surface area contributed by atoms with Gasteiger partial charge in [-0.2, -0.15) is 0 Å². The molecule has 0 atom stereocenters. The molecule has 0 aliphatic rings. The van der Waals surface area contributed by atoms with E-state index in [1.54, 1.807) is 0 Å². The zero-order valence-corrected chi connectivity index (χ0v) is 10.8. The highest BCUT2D eigenvalue weighted by Crippen LogP contribution is 2.32. The molecule has 0 aliphatic carbocycles. The van der Waals surface area contributed by atoms with E-state index in [2.05, 4.69) is 4.98 Å². The maximum Gasteiger partial charge on any atom is 0.335 e. The summed E-state index contributed by atoms with van der Waals surface area (Å²) in [5, 5.41) is 19.6. The molecule has 0 saturated carbocycles. The summed E-state index contributed by atoms with van der Waals surface area (Å²) >= 11 is 0. The standard InChI is InChI=1S/C13H10N2O6/c1-20-11-6-8(13(16)17)2-3-10(11)21-12-7-9(15(18)19)4-5-14-12/h2-7H,1H3,(H,16,17). The van der Waals surface area contributed by atoms with Crippen LogP contribution in [0.2, 0.25) is 0 Å². The average molecular weight is 290 g/mol. The third-order valence-electron chi connectivity index (χ3n) is 2.55. The third kappa shape index (κ3) is 3.24. The van der Waals surface area contributed by atoms with Gasteiger partial charge in [-0.1, -0.05) is 0 Å². The van der Waals surface area contributed by atoms with Gasteiger partial charge in [0.05, 0.1) is 23.7 Å². The number of hydrogen-bond donors (Lipinski definition) is 1. The number of carboxylic acid groups (broad SMARTS) is 1. The molecule has 0 unspecified atom stereocenters. The van der Waals surface area contributed by atoms with Crippen LogP contribution in [0.3, 0.4) is 0 Å². The van der Waals surface area contributed by atoms with Gasteiger partial charge in [-0.25, -0.2) is 9.78 Å². The number of aromatic carboxylic acids is 1. The molecule has 21 heavy (non-hydrogen) atoms. The van der Waals surface area contributed by atoms with E-state index in [-0.39, 0.29) is 28.6 Å². The molecule has 0 spiro atoms. The molecular weight excluding hydrogens is 280 g/mol. The van der Waals surface area contributed by atoms with Crippen molar-refractivity contribution in [3.05, 3.63) is 52.2 Å². The molecule has 0 amide bonds. The van der Waals surface area contributed by atoms with E-state index in [0.29, 0.717) is 0 Å². The predicted octanol–water partition coefficient (Wildman–Crippen LogP) is 2.49. The van der Waals surface area contributed by atoms with Crippen LogP contribution in [0.4, 0.5) is 5.69 Å². The van der Waals surface area contributed by atoms with E-state index in [1.807, 2.05) is 0 Å². The van der Waals surface area contributed by atoms with Crippen molar-refractivity contribution in [2.24, 2.45) is 0 Å². The monoisotopic (exact) mass is 290 g/mol. The molecule has 0 fully saturated rings. The minimum atomic E-state index is -1.10.